The number of ketones is 2. The summed E-state index contributed by atoms with van der Waals surface area (Å²) in [5.74, 6) is -6.40. The van der Waals surface area contributed by atoms with Crippen LogP contribution in [-0.4, -0.2) is 138 Å². The molecule has 2 atom stereocenters. The first-order chi connectivity index (χ1) is 26.5. The van der Waals surface area contributed by atoms with E-state index < -0.39 is 70.5 Å². The summed E-state index contributed by atoms with van der Waals surface area (Å²) in [5.41, 5.74) is 9.21. The predicted molar refractivity (Wildman–Crippen MR) is 196 cm³/mol. The number of hydrogen-bond acceptors (Lipinski definition) is 19. The molecule has 3 amide bonds. The molecule has 1 fully saturated rings. The molecule has 5 rings (SSSR count). The second kappa shape index (κ2) is 17.1. The number of allylic oxidation sites excluding steroid dienone is 1. The van der Waals surface area contributed by atoms with E-state index in [1.54, 1.807) is 10.8 Å². The number of hydroxylamine groups is 2. The molecule has 298 valence electrons. The SMILES string of the molecule is CC(C)(O/N=C(\C(=O)N[C@@H]1C(=O)N2C(C(=O)O)=C(C[n+]3cnc(NCCN)c(NCCNC(=O)C4=CC(=O)C(=O)CN4O)c3)CS[C@H]12)c1csc(N)n1)C(=O)O. The van der Waals surface area contributed by atoms with Gasteiger partial charge in [-0.15, -0.1) is 23.1 Å². The molecule has 2 aromatic rings. The van der Waals surface area contributed by atoms with Gasteiger partial charge in [-0.3, -0.25) is 34.1 Å². The first-order valence-electron chi connectivity index (χ1n) is 16.5. The minimum Gasteiger partial charge on any atom is -0.478 e. The van der Waals surface area contributed by atoms with Crippen LogP contribution in [0.4, 0.5) is 16.6 Å². The molecule has 25 heteroatoms. The van der Waals surface area contributed by atoms with Gasteiger partial charge in [-0.1, -0.05) is 5.16 Å². The van der Waals surface area contributed by atoms with E-state index in [0.717, 1.165) is 22.3 Å². The van der Waals surface area contributed by atoms with Crippen LogP contribution >= 0.6 is 23.1 Å². The standard InChI is InChI=1S/C31H36N12O11S2/c1-31(2,29(51)52)54-40-20(16-12-56-30(33)38-16)25(47)39-21-26(48)43-22(28(49)50)14(11-55-27(21)43)8-41-9-15(23(37-13-41)35-4-3-32)34-5-6-36-24(46)17-7-18(44)19(45)10-42(17)53/h7,9,12-13,21,27,34,53H,3-6,8,10-11,32H2,1-2H3,(H6,33,36,38,39,46,47,49,50,51,52)/p+1/b40-20-/t21-,27-/m1/s1. The number of thiazole rings is 1. The second-order valence-corrected chi connectivity index (χ2v) is 14.6. The number of fused-ring (bicyclic) bond motifs is 1. The largest absolute Gasteiger partial charge is 0.478 e. The Balaban J connectivity index is 1.28. The number of Topliss-reactive ketones (excluding diaryl/α,β-unsaturated/α-hetero) is 1. The van der Waals surface area contributed by atoms with Gasteiger partial charge in [0.1, 0.15) is 53.5 Å². The number of oxime groups is 1. The van der Waals surface area contributed by atoms with Crippen molar-refractivity contribution in [1.82, 2.24) is 30.6 Å². The summed E-state index contributed by atoms with van der Waals surface area (Å²) in [6.07, 6.45) is 3.82. The van der Waals surface area contributed by atoms with Crippen LogP contribution in [0.15, 0.2) is 46.1 Å². The number of amides is 3. The molecule has 23 nitrogen and oxygen atoms in total. The van der Waals surface area contributed by atoms with E-state index in [4.69, 9.17) is 16.3 Å². The number of rotatable bonds is 17. The first-order valence-corrected chi connectivity index (χ1v) is 18.5. The van der Waals surface area contributed by atoms with Crippen molar-refractivity contribution in [3.63, 3.8) is 0 Å². The summed E-state index contributed by atoms with van der Waals surface area (Å²) < 4.78 is 1.58. The highest BCUT2D eigenvalue weighted by atomic mass is 32.2. The normalized spacial score (nSPS) is 18.5. The number of hydrogen-bond donors (Lipinski definition) is 9. The summed E-state index contributed by atoms with van der Waals surface area (Å²) in [6.45, 7) is 2.56. The zero-order valence-electron chi connectivity index (χ0n) is 29.7. The molecule has 0 aromatic carbocycles. The third-order valence-electron chi connectivity index (χ3n) is 8.16. The highest BCUT2D eigenvalue weighted by Gasteiger charge is 2.54. The molecule has 1 saturated heterocycles. The molecule has 5 heterocycles. The van der Waals surface area contributed by atoms with Crippen molar-refractivity contribution in [2.45, 2.75) is 37.4 Å². The van der Waals surface area contributed by atoms with Crippen molar-refractivity contribution >= 4 is 86.7 Å². The third kappa shape index (κ3) is 9.02. The van der Waals surface area contributed by atoms with Gasteiger partial charge in [-0.05, 0) is 18.8 Å². The smallest absolute Gasteiger partial charge is 0.352 e. The average molecular weight is 818 g/mol. The summed E-state index contributed by atoms with van der Waals surface area (Å²) >= 11 is 2.19. The van der Waals surface area contributed by atoms with Crippen LogP contribution in [0.3, 0.4) is 0 Å². The molecular weight excluding hydrogens is 781 g/mol. The number of nitrogens with two attached hydrogens (primary N) is 2. The van der Waals surface area contributed by atoms with Crippen molar-refractivity contribution in [2.24, 2.45) is 10.9 Å². The number of β-lactam (4-membered cyclic amide) rings is 1. The van der Waals surface area contributed by atoms with Crippen LogP contribution < -0.4 is 37.3 Å². The van der Waals surface area contributed by atoms with E-state index in [2.05, 4.69) is 36.4 Å². The third-order valence-corrected chi connectivity index (χ3v) is 10.2. The number of carbonyl (C=O) groups is 7. The van der Waals surface area contributed by atoms with Crippen molar-refractivity contribution in [3.05, 3.63) is 46.6 Å². The Hall–Kier alpha value is -6.18. The van der Waals surface area contributed by atoms with Crippen LogP contribution in [0.2, 0.25) is 0 Å². The summed E-state index contributed by atoms with van der Waals surface area (Å²) in [7, 11) is 0. The number of aliphatic carboxylic acids is 2. The Kier molecular flexibility index (Phi) is 12.5. The van der Waals surface area contributed by atoms with E-state index in [-0.39, 0.29) is 54.2 Å². The van der Waals surface area contributed by atoms with Crippen molar-refractivity contribution < 1.29 is 58.4 Å². The van der Waals surface area contributed by atoms with Crippen LogP contribution in [0.5, 0.6) is 0 Å². The van der Waals surface area contributed by atoms with Crippen molar-refractivity contribution in [3.8, 4) is 0 Å². The van der Waals surface area contributed by atoms with Gasteiger partial charge in [0.2, 0.25) is 17.2 Å². The van der Waals surface area contributed by atoms with E-state index in [9.17, 15) is 49.0 Å². The number of carbonyl (C=O) groups excluding carboxylic acids is 5. The Morgan fingerprint density at radius 1 is 1.14 bits per heavy atom. The maximum absolute atomic E-state index is 13.4. The summed E-state index contributed by atoms with van der Waals surface area (Å²) in [6, 6.07) is -1.17. The Morgan fingerprint density at radius 2 is 1.89 bits per heavy atom. The van der Waals surface area contributed by atoms with Crippen molar-refractivity contribution in [1.29, 1.82) is 0 Å². The molecule has 0 aliphatic carbocycles. The van der Waals surface area contributed by atoms with Crippen LogP contribution in [0, 0.1) is 0 Å². The molecule has 3 aliphatic rings. The van der Waals surface area contributed by atoms with Crippen LogP contribution in [0.25, 0.3) is 0 Å². The molecule has 2 aromatic heterocycles. The fourth-order valence-corrected chi connectivity index (χ4v) is 7.15. The minimum absolute atomic E-state index is 0.0102. The lowest BCUT2D eigenvalue weighted by molar-refractivity contribution is -0.691. The summed E-state index contributed by atoms with van der Waals surface area (Å²) in [5, 5.41) is 45.6. The quantitative estimate of drug-likeness (QED) is 0.0192. The number of nitrogens with zero attached hydrogens (tertiary/aromatic N) is 6. The van der Waals surface area contributed by atoms with Gasteiger partial charge in [0, 0.05) is 49.0 Å². The minimum atomic E-state index is -1.82. The highest BCUT2D eigenvalue weighted by molar-refractivity contribution is 8.00. The van der Waals surface area contributed by atoms with E-state index in [0.29, 0.717) is 28.7 Å². The molecule has 0 bridgehead atoms. The van der Waals surface area contributed by atoms with Gasteiger partial charge in [-0.25, -0.2) is 24.2 Å². The number of nitrogens with one attached hydrogen (secondary N) is 4. The van der Waals surface area contributed by atoms with Crippen LogP contribution in [0.1, 0.15) is 19.5 Å². The van der Waals surface area contributed by atoms with Gasteiger partial charge < -0.3 is 47.8 Å². The zero-order valence-corrected chi connectivity index (χ0v) is 31.3. The maximum atomic E-state index is 13.4. The number of carboxylic acid groups (broad SMARTS) is 2. The Labute approximate surface area is 324 Å². The average Bonchev–Trinajstić information content (AvgIpc) is 3.58. The van der Waals surface area contributed by atoms with Gasteiger partial charge >= 0.3 is 11.9 Å². The van der Waals surface area contributed by atoms with E-state index in [1.165, 1.54) is 37.3 Å². The fraction of sp³-hybridized carbons (Fsp3) is 0.387. The number of nitrogen functional groups attached to an aromatic ring is 1. The van der Waals surface area contributed by atoms with Crippen molar-refractivity contribution in [2.75, 3.05) is 54.8 Å². The lowest BCUT2D eigenvalue weighted by Crippen LogP contribution is -2.71. The highest BCUT2D eigenvalue weighted by Crippen LogP contribution is 2.40. The molecule has 0 unspecified atom stereocenters. The number of aromatic nitrogens is 3. The van der Waals surface area contributed by atoms with Gasteiger partial charge in [0.05, 0.1) is 0 Å². The van der Waals surface area contributed by atoms with Gasteiger partial charge in [0.15, 0.2) is 10.8 Å². The second-order valence-electron chi connectivity index (χ2n) is 12.6. The number of carboxylic acids is 2. The Morgan fingerprint density at radius 3 is 2.55 bits per heavy atom. The molecule has 0 saturated carbocycles. The molecule has 3 aliphatic heterocycles. The fourth-order valence-electron chi connectivity index (χ4n) is 5.27. The maximum Gasteiger partial charge on any atom is 0.352 e. The lowest BCUT2D eigenvalue weighted by atomic mass is 10.0. The molecular formula is C31H37N12O11S2+. The van der Waals surface area contributed by atoms with E-state index in [1.807, 2.05) is 0 Å². The molecule has 11 N–H and O–H groups in total. The summed E-state index contributed by atoms with van der Waals surface area (Å²) in [4.78, 5) is 101. The number of thioether (sulfide) groups is 1. The Bertz CT molecular complexity index is 2070. The topological polar surface area (TPSA) is 338 Å². The van der Waals surface area contributed by atoms with Gasteiger partial charge in [0.25, 0.3) is 29.9 Å². The molecule has 0 spiro atoms. The van der Waals surface area contributed by atoms with Gasteiger partial charge in [-0.2, -0.15) is 0 Å². The number of anilines is 3. The van der Waals surface area contributed by atoms with Crippen LogP contribution in [-0.2, 0) is 44.9 Å². The first kappa shape index (κ1) is 41.0. The predicted octanol–water partition coefficient (Wildman–Crippen LogP) is -2.94. The lowest BCUT2D eigenvalue weighted by Gasteiger charge is -2.49. The molecule has 56 heavy (non-hydrogen) atoms. The monoisotopic (exact) mass is 817 g/mol. The molecule has 0 radical (unpaired) electrons. The zero-order chi connectivity index (χ0) is 40.9. The van der Waals surface area contributed by atoms with E-state index >= 15 is 0 Å².